The maximum Gasteiger partial charge on any atom is 0.302 e. The summed E-state index contributed by atoms with van der Waals surface area (Å²) in [6.07, 6.45) is 4.10. The summed E-state index contributed by atoms with van der Waals surface area (Å²) in [5, 5.41) is 20.7. The Morgan fingerprint density at radius 3 is 2.52 bits per heavy atom. The van der Waals surface area contributed by atoms with Crippen molar-refractivity contribution in [2.45, 2.75) is 24.3 Å². The number of aliphatic hydroxyl groups excluding tert-OH is 1. The highest BCUT2D eigenvalue weighted by Crippen LogP contribution is 2.16. The van der Waals surface area contributed by atoms with Gasteiger partial charge in [-0.3, -0.25) is 14.9 Å². The number of nitro benzene ring substituents is 1. The average Bonchev–Trinajstić information content (AvgIpc) is 2.56. The van der Waals surface area contributed by atoms with Crippen LogP contribution in [0.1, 0.15) is 13.3 Å². The van der Waals surface area contributed by atoms with Crippen LogP contribution in [-0.4, -0.2) is 43.7 Å². The van der Waals surface area contributed by atoms with E-state index in [1.54, 1.807) is 0 Å². The van der Waals surface area contributed by atoms with Crippen molar-refractivity contribution in [2.75, 3.05) is 13.2 Å². The molecular weight excluding hydrogens is 352 g/mol. The molecule has 0 aliphatic carbocycles. The zero-order valence-corrected chi connectivity index (χ0v) is 14.2. The summed E-state index contributed by atoms with van der Waals surface area (Å²) < 4.78 is 31.3. The standard InChI is InChI=1S/C15H18N2O7S/c1-3-4-12(10-24-11(2)18)15(19)9-16-25(22,23)14-7-5-13(6-8-14)17(20)21/h1,5-8,12,15-16,19H,4,9-10H2,2H3/t12-,15+/m0/s1. The molecule has 136 valence electrons. The van der Waals surface area contributed by atoms with Crippen molar-refractivity contribution >= 4 is 21.7 Å². The number of terminal acetylenes is 1. The van der Waals surface area contributed by atoms with Crippen molar-refractivity contribution in [1.29, 1.82) is 0 Å². The normalized spacial score (nSPS) is 13.5. The van der Waals surface area contributed by atoms with Crippen LogP contribution >= 0.6 is 0 Å². The van der Waals surface area contributed by atoms with Crippen molar-refractivity contribution < 1.29 is 28.0 Å². The van der Waals surface area contributed by atoms with Crippen LogP contribution < -0.4 is 4.72 Å². The van der Waals surface area contributed by atoms with Crippen LogP contribution in [-0.2, 0) is 19.6 Å². The van der Waals surface area contributed by atoms with Crippen LogP contribution in [0.25, 0.3) is 0 Å². The molecule has 2 N–H and O–H groups in total. The number of carbonyl (C=O) groups excluding carboxylic acids is 1. The Kier molecular flexibility index (Phi) is 7.50. The molecule has 0 saturated heterocycles. The molecule has 0 aliphatic rings. The molecule has 25 heavy (non-hydrogen) atoms. The van der Waals surface area contributed by atoms with Crippen molar-refractivity contribution in [1.82, 2.24) is 4.72 Å². The quantitative estimate of drug-likeness (QED) is 0.278. The van der Waals surface area contributed by atoms with E-state index in [0.29, 0.717) is 0 Å². The minimum atomic E-state index is -3.97. The monoisotopic (exact) mass is 370 g/mol. The zero-order chi connectivity index (χ0) is 19.0. The second-order valence-corrected chi connectivity index (χ2v) is 6.91. The Morgan fingerprint density at radius 1 is 1.44 bits per heavy atom. The largest absolute Gasteiger partial charge is 0.465 e. The number of nitro groups is 1. The third kappa shape index (κ3) is 6.50. The number of nitrogens with zero attached hydrogens (tertiary/aromatic N) is 1. The number of non-ortho nitro benzene ring substituents is 1. The predicted molar refractivity (Wildman–Crippen MR) is 87.9 cm³/mol. The number of benzene rings is 1. The average molecular weight is 370 g/mol. The molecule has 1 aromatic carbocycles. The van der Waals surface area contributed by atoms with E-state index in [1.165, 1.54) is 6.92 Å². The van der Waals surface area contributed by atoms with Crippen LogP contribution in [0.5, 0.6) is 0 Å². The van der Waals surface area contributed by atoms with Crippen molar-refractivity contribution in [3.05, 3.63) is 34.4 Å². The van der Waals surface area contributed by atoms with E-state index >= 15 is 0 Å². The van der Waals surface area contributed by atoms with Crippen LogP contribution in [0, 0.1) is 28.4 Å². The third-order valence-electron chi connectivity index (χ3n) is 3.27. The Bertz CT molecular complexity index is 753. The summed E-state index contributed by atoms with van der Waals surface area (Å²) in [7, 11) is -3.97. The first-order valence-electron chi connectivity index (χ1n) is 7.16. The van der Waals surface area contributed by atoms with Gasteiger partial charge in [0.15, 0.2) is 0 Å². The molecule has 2 atom stereocenters. The SMILES string of the molecule is C#CC[C@@H](COC(C)=O)[C@H](O)CNS(=O)(=O)c1ccc([N+](=O)[O-])cc1. The minimum Gasteiger partial charge on any atom is -0.465 e. The fourth-order valence-corrected chi connectivity index (χ4v) is 2.93. The minimum absolute atomic E-state index is 0.0910. The maximum atomic E-state index is 12.1. The van der Waals surface area contributed by atoms with Gasteiger partial charge in [0.1, 0.15) is 0 Å². The number of esters is 1. The summed E-state index contributed by atoms with van der Waals surface area (Å²) in [5.74, 6) is 1.15. The first-order valence-corrected chi connectivity index (χ1v) is 8.64. The van der Waals surface area contributed by atoms with Gasteiger partial charge in [-0.15, -0.1) is 12.3 Å². The van der Waals surface area contributed by atoms with Crippen LogP contribution in [0.4, 0.5) is 5.69 Å². The van der Waals surface area contributed by atoms with Gasteiger partial charge in [0.2, 0.25) is 10.0 Å². The first kappa shape index (κ1) is 20.6. The van der Waals surface area contributed by atoms with E-state index in [2.05, 4.69) is 10.6 Å². The Balaban J connectivity index is 2.74. The van der Waals surface area contributed by atoms with E-state index in [0.717, 1.165) is 24.3 Å². The van der Waals surface area contributed by atoms with Gasteiger partial charge in [0, 0.05) is 37.9 Å². The molecule has 0 aliphatic heterocycles. The molecule has 0 fully saturated rings. The summed E-state index contributed by atoms with van der Waals surface area (Å²) in [6.45, 7) is 0.712. The van der Waals surface area contributed by atoms with Crippen LogP contribution in [0.3, 0.4) is 0 Å². The van der Waals surface area contributed by atoms with E-state index in [1.807, 2.05) is 0 Å². The predicted octanol–water partition coefficient (Wildman–Crippen LogP) is 0.437. The molecular formula is C15H18N2O7S. The first-order chi connectivity index (χ1) is 11.7. The maximum absolute atomic E-state index is 12.1. The Morgan fingerprint density at radius 2 is 2.04 bits per heavy atom. The lowest BCUT2D eigenvalue weighted by atomic mass is 10.0. The molecule has 0 spiro atoms. The molecule has 0 bridgehead atoms. The molecule has 9 nitrogen and oxygen atoms in total. The number of carbonyl (C=O) groups is 1. The molecule has 10 heteroatoms. The molecule has 0 radical (unpaired) electrons. The molecule has 0 saturated carbocycles. The van der Waals surface area contributed by atoms with Crippen molar-refractivity contribution in [3.63, 3.8) is 0 Å². The number of sulfonamides is 1. The van der Waals surface area contributed by atoms with E-state index in [4.69, 9.17) is 11.2 Å². The summed E-state index contributed by atoms with van der Waals surface area (Å²) in [5.41, 5.74) is -0.241. The molecule has 1 aromatic rings. The lowest BCUT2D eigenvalue weighted by molar-refractivity contribution is -0.384. The number of hydrogen-bond acceptors (Lipinski definition) is 7. The third-order valence-corrected chi connectivity index (χ3v) is 4.70. The fraction of sp³-hybridized carbons (Fsp3) is 0.400. The Labute approximate surface area is 145 Å². The molecule has 1 rings (SSSR count). The number of aliphatic hydroxyl groups is 1. The topological polar surface area (TPSA) is 136 Å². The van der Waals surface area contributed by atoms with E-state index in [-0.39, 0.29) is 30.2 Å². The highest BCUT2D eigenvalue weighted by Gasteiger charge is 2.23. The fourth-order valence-electron chi connectivity index (χ4n) is 1.87. The van der Waals surface area contributed by atoms with Crippen molar-refractivity contribution in [2.24, 2.45) is 5.92 Å². The molecule has 0 amide bonds. The van der Waals surface area contributed by atoms with Gasteiger partial charge in [-0.2, -0.15) is 0 Å². The van der Waals surface area contributed by atoms with Gasteiger partial charge in [-0.05, 0) is 12.1 Å². The molecule has 0 unspecified atom stereocenters. The van der Waals surface area contributed by atoms with Gasteiger partial charge in [-0.25, -0.2) is 13.1 Å². The second kappa shape index (κ2) is 9.12. The number of nitrogens with one attached hydrogen (secondary N) is 1. The number of hydrogen-bond donors (Lipinski definition) is 2. The van der Waals surface area contributed by atoms with Gasteiger partial charge in [-0.1, -0.05) is 0 Å². The van der Waals surface area contributed by atoms with Crippen LogP contribution in [0.2, 0.25) is 0 Å². The van der Waals surface area contributed by atoms with E-state index in [9.17, 15) is 28.4 Å². The van der Waals surface area contributed by atoms with E-state index < -0.39 is 32.9 Å². The van der Waals surface area contributed by atoms with Gasteiger partial charge >= 0.3 is 5.97 Å². The highest BCUT2D eigenvalue weighted by molar-refractivity contribution is 7.89. The summed E-state index contributed by atoms with van der Waals surface area (Å²) >= 11 is 0. The Hall–Kier alpha value is -2.48. The van der Waals surface area contributed by atoms with Gasteiger partial charge in [0.25, 0.3) is 5.69 Å². The van der Waals surface area contributed by atoms with Gasteiger partial charge in [0.05, 0.1) is 22.5 Å². The van der Waals surface area contributed by atoms with Crippen molar-refractivity contribution in [3.8, 4) is 12.3 Å². The summed E-state index contributed by atoms with van der Waals surface area (Å²) in [4.78, 5) is 20.6. The number of rotatable bonds is 9. The molecule has 0 heterocycles. The summed E-state index contributed by atoms with van der Waals surface area (Å²) in [6, 6.07) is 4.30. The smallest absolute Gasteiger partial charge is 0.302 e. The van der Waals surface area contributed by atoms with Crippen LogP contribution in [0.15, 0.2) is 29.2 Å². The number of ether oxygens (including phenoxy) is 1. The molecule has 0 aromatic heterocycles. The second-order valence-electron chi connectivity index (χ2n) is 5.14. The highest BCUT2D eigenvalue weighted by atomic mass is 32.2. The lowest BCUT2D eigenvalue weighted by Crippen LogP contribution is -2.38. The zero-order valence-electron chi connectivity index (χ0n) is 13.4. The van der Waals surface area contributed by atoms with Gasteiger partial charge < -0.3 is 9.84 Å². The lowest BCUT2D eigenvalue weighted by Gasteiger charge is -2.21.